The second kappa shape index (κ2) is 42.9. The lowest BCUT2D eigenvalue weighted by molar-refractivity contribution is -0.302. The fraction of sp³-hybridized carbons (Fsp3) is 0.942. The van der Waals surface area contributed by atoms with E-state index < -0.39 is 49.5 Å². The molecule has 1 fully saturated rings. The molecule has 1 aliphatic heterocycles. The van der Waals surface area contributed by atoms with Gasteiger partial charge in [-0.15, -0.1) is 0 Å². The van der Waals surface area contributed by atoms with Gasteiger partial charge in [-0.2, -0.15) is 0 Å². The van der Waals surface area contributed by atoms with E-state index in [1.54, 1.807) is 6.08 Å². The summed E-state index contributed by atoms with van der Waals surface area (Å²) in [6.45, 7) is 3.77. The summed E-state index contributed by atoms with van der Waals surface area (Å²) in [7, 11) is 0. The van der Waals surface area contributed by atoms with E-state index in [2.05, 4.69) is 19.2 Å². The van der Waals surface area contributed by atoms with Gasteiger partial charge in [0.2, 0.25) is 5.91 Å². The van der Waals surface area contributed by atoms with Gasteiger partial charge in [-0.05, 0) is 19.3 Å². The molecule has 0 radical (unpaired) electrons. The highest BCUT2D eigenvalue weighted by Gasteiger charge is 2.44. The zero-order chi connectivity index (χ0) is 44.4. The maximum atomic E-state index is 12.9. The summed E-state index contributed by atoms with van der Waals surface area (Å²) in [6.07, 6.45) is 44.4. The van der Waals surface area contributed by atoms with Crippen molar-refractivity contribution < 1.29 is 39.8 Å². The van der Waals surface area contributed by atoms with Crippen LogP contribution in [-0.2, 0) is 14.3 Å². The van der Waals surface area contributed by atoms with Crippen LogP contribution in [0.1, 0.15) is 258 Å². The van der Waals surface area contributed by atoms with Crippen LogP contribution in [0.2, 0.25) is 0 Å². The molecule has 362 valence electrons. The molecule has 0 aromatic carbocycles. The number of carbonyl (C=O) groups excluding carboxylic acids is 1. The Morgan fingerprint density at radius 3 is 1.28 bits per heavy atom. The number of hydrogen-bond donors (Lipinski definition) is 6. The van der Waals surface area contributed by atoms with Gasteiger partial charge in [-0.3, -0.25) is 4.79 Å². The van der Waals surface area contributed by atoms with Crippen LogP contribution in [0.4, 0.5) is 0 Å². The zero-order valence-corrected chi connectivity index (χ0v) is 39.9. The third-order valence-electron chi connectivity index (χ3n) is 12.9. The summed E-state index contributed by atoms with van der Waals surface area (Å²) >= 11 is 0. The minimum atomic E-state index is -1.56. The third kappa shape index (κ3) is 33.1. The first-order valence-corrected chi connectivity index (χ1v) is 26.4. The second-order valence-electron chi connectivity index (χ2n) is 18.7. The number of nitrogens with one attached hydrogen (secondary N) is 1. The number of unbranched alkanes of at least 4 members (excludes halogenated alkanes) is 35. The smallest absolute Gasteiger partial charge is 0.220 e. The van der Waals surface area contributed by atoms with Crippen LogP contribution in [0, 0.1) is 0 Å². The van der Waals surface area contributed by atoms with Gasteiger partial charge in [0.25, 0.3) is 0 Å². The van der Waals surface area contributed by atoms with E-state index in [0.717, 1.165) is 38.5 Å². The summed E-state index contributed by atoms with van der Waals surface area (Å²) < 4.78 is 11.2. The van der Waals surface area contributed by atoms with Crippen LogP contribution in [0.3, 0.4) is 0 Å². The van der Waals surface area contributed by atoms with Crippen molar-refractivity contribution in [2.75, 3.05) is 13.2 Å². The van der Waals surface area contributed by atoms with Gasteiger partial charge in [-0.1, -0.05) is 244 Å². The van der Waals surface area contributed by atoms with Crippen molar-refractivity contribution in [2.45, 2.75) is 301 Å². The minimum Gasteiger partial charge on any atom is -0.394 e. The van der Waals surface area contributed by atoms with Gasteiger partial charge < -0.3 is 40.3 Å². The maximum absolute atomic E-state index is 12.9. The van der Waals surface area contributed by atoms with Crippen molar-refractivity contribution in [1.82, 2.24) is 5.32 Å². The SMILES string of the molecule is CCCCCCCCCCCCCCCCCCCCCCCCCCCCC/C=C/C(O)C(COC1OC(CO)C(O)C(O)C1O)NC(=O)CCCCCCCCCCC. The van der Waals surface area contributed by atoms with Gasteiger partial charge in [0.1, 0.15) is 24.4 Å². The highest BCUT2D eigenvalue weighted by Crippen LogP contribution is 2.23. The first-order chi connectivity index (χ1) is 29.8. The summed E-state index contributed by atoms with van der Waals surface area (Å²) in [4.78, 5) is 12.9. The molecule has 0 bridgehead atoms. The summed E-state index contributed by atoms with van der Waals surface area (Å²) in [5, 5.41) is 54.2. The average molecular weight is 868 g/mol. The standard InChI is InChI=1S/C52H101NO8/c1-3-5-7-9-11-13-14-15-16-17-18-19-20-21-22-23-24-25-26-27-28-29-30-31-32-34-35-37-39-41-46(55)45(44-60-52-51(59)50(58)49(57)47(43-54)61-52)53-48(56)42-40-38-36-33-12-10-8-6-4-2/h39,41,45-47,49-52,54-55,57-59H,3-38,40,42-44H2,1-2H3,(H,53,56)/b41-39+. The molecule has 0 aromatic heterocycles. The highest BCUT2D eigenvalue weighted by atomic mass is 16.7. The van der Waals surface area contributed by atoms with Crippen LogP contribution in [-0.4, -0.2) is 87.5 Å². The summed E-state index contributed by atoms with van der Waals surface area (Å²) in [5.74, 6) is -0.177. The molecule has 1 saturated heterocycles. The molecule has 0 aromatic rings. The molecule has 0 saturated carbocycles. The van der Waals surface area contributed by atoms with Crippen LogP contribution >= 0.6 is 0 Å². The molecule has 1 amide bonds. The number of hydrogen-bond acceptors (Lipinski definition) is 8. The molecule has 61 heavy (non-hydrogen) atoms. The number of carbonyl (C=O) groups is 1. The van der Waals surface area contributed by atoms with E-state index in [0.29, 0.717) is 6.42 Å². The lowest BCUT2D eigenvalue weighted by Gasteiger charge is -2.40. The Bertz CT molecular complexity index is 966. The van der Waals surface area contributed by atoms with Crippen molar-refractivity contribution in [3.05, 3.63) is 12.2 Å². The largest absolute Gasteiger partial charge is 0.394 e. The predicted molar refractivity (Wildman–Crippen MR) is 254 cm³/mol. The molecule has 1 heterocycles. The van der Waals surface area contributed by atoms with Gasteiger partial charge in [0.05, 0.1) is 25.4 Å². The molecule has 7 atom stereocenters. The van der Waals surface area contributed by atoms with Crippen LogP contribution in [0.25, 0.3) is 0 Å². The van der Waals surface area contributed by atoms with Crippen molar-refractivity contribution in [2.24, 2.45) is 0 Å². The van der Waals surface area contributed by atoms with Crippen LogP contribution in [0.15, 0.2) is 12.2 Å². The van der Waals surface area contributed by atoms with Crippen molar-refractivity contribution >= 4 is 5.91 Å². The topological polar surface area (TPSA) is 149 Å². The monoisotopic (exact) mass is 868 g/mol. The molecule has 7 unspecified atom stereocenters. The van der Waals surface area contributed by atoms with E-state index in [4.69, 9.17) is 9.47 Å². The minimum absolute atomic E-state index is 0.177. The van der Waals surface area contributed by atoms with Gasteiger partial charge in [0, 0.05) is 6.42 Å². The Hall–Kier alpha value is -1.07. The van der Waals surface area contributed by atoms with Gasteiger partial charge in [-0.25, -0.2) is 0 Å². The Kier molecular flexibility index (Phi) is 40.7. The van der Waals surface area contributed by atoms with Gasteiger partial charge in [0.15, 0.2) is 6.29 Å². The van der Waals surface area contributed by atoms with E-state index >= 15 is 0 Å². The first-order valence-electron chi connectivity index (χ1n) is 26.4. The van der Waals surface area contributed by atoms with Crippen LogP contribution < -0.4 is 5.32 Å². The number of aliphatic hydroxyl groups is 5. The quantitative estimate of drug-likeness (QED) is 0.0262. The molecule has 6 N–H and O–H groups in total. The third-order valence-corrected chi connectivity index (χ3v) is 12.9. The fourth-order valence-corrected chi connectivity index (χ4v) is 8.63. The van der Waals surface area contributed by atoms with Crippen LogP contribution in [0.5, 0.6) is 0 Å². The van der Waals surface area contributed by atoms with Gasteiger partial charge >= 0.3 is 0 Å². The zero-order valence-electron chi connectivity index (χ0n) is 39.9. The normalized spacial score (nSPS) is 20.4. The predicted octanol–water partition coefficient (Wildman–Crippen LogP) is 12.1. The number of amides is 1. The lowest BCUT2D eigenvalue weighted by Crippen LogP contribution is -2.60. The molecule has 1 aliphatic rings. The summed E-state index contributed by atoms with van der Waals surface area (Å²) in [5.41, 5.74) is 0. The molecule has 0 spiro atoms. The van der Waals surface area contributed by atoms with Crippen molar-refractivity contribution in [3.8, 4) is 0 Å². The molecule has 9 nitrogen and oxygen atoms in total. The van der Waals surface area contributed by atoms with E-state index in [1.165, 1.54) is 199 Å². The fourth-order valence-electron chi connectivity index (χ4n) is 8.63. The Morgan fingerprint density at radius 2 is 0.902 bits per heavy atom. The molecular formula is C52H101NO8. The number of ether oxygens (including phenoxy) is 2. The number of aliphatic hydroxyl groups excluding tert-OH is 5. The van der Waals surface area contributed by atoms with Crippen molar-refractivity contribution in [1.29, 1.82) is 0 Å². The average Bonchev–Trinajstić information content (AvgIpc) is 3.26. The summed E-state index contributed by atoms with van der Waals surface area (Å²) in [6, 6.07) is -0.798. The Balaban J connectivity index is 2.14. The maximum Gasteiger partial charge on any atom is 0.220 e. The Labute approximate surface area is 376 Å². The number of rotatable bonds is 45. The molecular weight excluding hydrogens is 767 g/mol. The molecule has 1 rings (SSSR count). The Morgan fingerprint density at radius 1 is 0.541 bits per heavy atom. The van der Waals surface area contributed by atoms with E-state index in [1.807, 2.05) is 6.08 Å². The number of allylic oxidation sites excluding steroid dienone is 1. The molecule has 0 aliphatic carbocycles. The van der Waals surface area contributed by atoms with E-state index in [9.17, 15) is 30.3 Å². The van der Waals surface area contributed by atoms with Crippen molar-refractivity contribution in [3.63, 3.8) is 0 Å². The second-order valence-corrected chi connectivity index (χ2v) is 18.7. The molecule has 9 heteroatoms. The van der Waals surface area contributed by atoms with E-state index in [-0.39, 0.29) is 12.5 Å². The highest BCUT2D eigenvalue weighted by molar-refractivity contribution is 5.76. The lowest BCUT2D eigenvalue weighted by atomic mass is 9.99. The first kappa shape index (κ1) is 57.9.